The maximum absolute atomic E-state index is 10.4. The highest BCUT2D eigenvalue weighted by Gasteiger charge is 2.17. The Labute approximate surface area is 120 Å². The van der Waals surface area contributed by atoms with Crippen molar-refractivity contribution in [3.8, 4) is 5.75 Å². The Morgan fingerprint density at radius 2 is 2.05 bits per heavy atom. The minimum absolute atomic E-state index is 0.428. The maximum atomic E-state index is 10.4. The smallest absolute Gasteiger partial charge is 0.132 e. The van der Waals surface area contributed by atoms with E-state index in [1.165, 1.54) is 19.3 Å². The van der Waals surface area contributed by atoms with Gasteiger partial charge in [0.05, 0.1) is 13.2 Å². The van der Waals surface area contributed by atoms with Crippen LogP contribution in [0.25, 0.3) is 0 Å². The first-order valence-electron chi connectivity index (χ1n) is 6.87. The molecule has 1 heterocycles. The SMILES string of the molecule is COc1cc(C(O)CN2CCCCC2)ccc1SC. The lowest BCUT2D eigenvalue weighted by atomic mass is 10.1. The molecule has 1 fully saturated rings. The number of hydrogen-bond acceptors (Lipinski definition) is 4. The quantitative estimate of drug-likeness (QED) is 0.841. The number of piperidine rings is 1. The number of rotatable bonds is 5. The summed E-state index contributed by atoms with van der Waals surface area (Å²) in [5, 5.41) is 10.4. The molecule has 0 radical (unpaired) electrons. The summed E-state index contributed by atoms with van der Waals surface area (Å²) in [6.07, 6.45) is 5.43. The monoisotopic (exact) mass is 281 g/mol. The van der Waals surface area contributed by atoms with Gasteiger partial charge in [-0.15, -0.1) is 11.8 Å². The lowest BCUT2D eigenvalue weighted by Gasteiger charge is -2.28. The second-order valence-corrected chi connectivity index (χ2v) is 5.84. The van der Waals surface area contributed by atoms with Crippen molar-refractivity contribution in [3.63, 3.8) is 0 Å². The van der Waals surface area contributed by atoms with Crippen LogP contribution in [0.4, 0.5) is 0 Å². The molecule has 1 aliphatic heterocycles. The molecule has 0 saturated carbocycles. The molecule has 4 heteroatoms. The van der Waals surface area contributed by atoms with Gasteiger partial charge in [-0.25, -0.2) is 0 Å². The predicted molar refractivity (Wildman–Crippen MR) is 80.0 cm³/mol. The lowest BCUT2D eigenvalue weighted by Crippen LogP contribution is -2.33. The molecule has 0 aliphatic carbocycles. The van der Waals surface area contributed by atoms with Gasteiger partial charge in [0.1, 0.15) is 5.75 Å². The number of aliphatic hydroxyl groups excluding tert-OH is 1. The second-order valence-electron chi connectivity index (χ2n) is 4.99. The molecule has 1 aromatic rings. The van der Waals surface area contributed by atoms with Crippen LogP contribution in [0.5, 0.6) is 5.75 Å². The van der Waals surface area contributed by atoms with Crippen LogP contribution in [-0.2, 0) is 0 Å². The van der Waals surface area contributed by atoms with E-state index in [2.05, 4.69) is 4.90 Å². The van der Waals surface area contributed by atoms with E-state index in [1.807, 2.05) is 24.5 Å². The molecule has 1 aliphatic rings. The highest BCUT2D eigenvalue weighted by Crippen LogP contribution is 2.30. The normalized spacial score (nSPS) is 18.3. The predicted octanol–water partition coefficient (Wildman–Crippen LogP) is 2.94. The standard InChI is InChI=1S/C15H23NO2S/c1-18-14-10-12(6-7-15(14)19-2)13(17)11-16-8-4-3-5-9-16/h6-7,10,13,17H,3-5,8-9,11H2,1-2H3. The summed E-state index contributed by atoms with van der Waals surface area (Å²) in [7, 11) is 1.68. The molecule has 0 bridgehead atoms. The molecule has 0 spiro atoms. The fraction of sp³-hybridized carbons (Fsp3) is 0.600. The highest BCUT2D eigenvalue weighted by atomic mass is 32.2. The van der Waals surface area contributed by atoms with Gasteiger partial charge >= 0.3 is 0 Å². The maximum Gasteiger partial charge on any atom is 0.132 e. The minimum Gasteiger partial charge on any atom is -0.496 e. The highest BCUT2D eigenvalue weighted by molar-refractivity contribution is 7.98. The third-order valence-electron chi connectivity index (χ3n) is 3.67. The molecular weight excluding hydrogens is 258 g/mol. The van der Waals surface area contributed by atoms with Crippen LogP contribution < -0.4 is 4.74 Å². The Bertz CT molecular complexity index is 405. The summed E-state index contributed by atoms with van der Waals surface area (Å²) < 4.78 is 5.37. The Hall–Kier alpha value is -0.710. The van der Waals surface area contributed by atoms with Crippen molar-refractivity contribution in [3.05, 3.63) is 23.8 Å². The Kier molecular flexibility index (Phi) is 5.55. The number of likely N-dealkylation sites (tertiary alicyclic amines) is 1. The van der Waals surface area contributed by atoms with Gasteiger partial charge < -0.3 is 14.7 Å². The third-order valence-corrected chi connectivity index (χ3v) is 4.45. The number of benzene rings is 1. The van der Waals surface area contributed by atoms with Crippen LogP contribution in [0.1, 0.15) is 30.9 Å². The molecule has 3 nitrogen and oxygen atoms in total. The number of thioether (sulfide) groups is 1. The van der Waals surface area contributed by atoms with E-state index in [0.29, 0.717) is 0 Å². The number of methoxy groups -OCH3 is 1. The first kappa shape index (κ1) is 14.7. The second kappa shape index (κ2) is 7.17. The van der Waals surface area contributed by atoms with E-state index in [-0.39, 0.29) is 0 Å². The van der Waals surface area contributed by atoms with Crippen molar-refractivity contribution in [1.82, 2.24) is 4.90 Å². The first-order chi connectivity index (χ1) is 9.24. The average molecular weight is 281 g/mol. The van der Waals surface area contributed by atoms with Gasteiger partial charge in [0.2, 0.25) is 0 Å². The van der Waals surface area contributed by atoms with E-state index >= 15 is 0 Å². The van der Waals surface area contributed by atoms with Crippen molar-refractivity contribution in [1.29, 1.82) is 0 Å². The van der Waals surface area contributed by atoms with E-state index in [1.54, 1.807) is 18.9 Å². The van der Waals surface area contributed by atoms with E-state index < -0.39 is 6.10 Å². The van der Waals surface area contributed by atoms with Crippen molar-refractivity contribution < 1.29 is 9.84 Å². The average Bonchev–Trinajstić information content (AvgIpc) is 2.47. The third kappa shape index (κ3) is 3.88. The van der Waals surface area contributed by atoms with Gasteiger partial charge in [0, 0.05) is 11.4 Å². The molecule has 106 valence electrons. The van der Waals surface area contributed by atoms with Crippen LogP contribution in [0, 0.1) is 0 Å². The van der Waals surface area contributed by atoms with Crippen molar-refractivity contribution in [2.75, 3.05) is 33.0 Å². The lowest BCUT2D eigenvalue weighted by molar-refractivity contribution is 0.101. The summed E-state index contributed by atoms with van der Waals surface area (Å²) >= 11 is 1.66. The van der Waals surface area contributed by atoms with Gasteiger partial charge in [0.25, 0.3) is 0 Å². The van der Waals surface area contributed by atoms with Gasteiger partial charge in [-0.3, -0.25) is 0 Å². The van der Waals surface area contributed by atoms with Crippen LogP contribution in [-0.4, -0.2) is 43.0 Å². The Morgan fingerprint density at radius 3 is 2.68 bits per heavy atom. The molecular formula is C15H23NO2S. The summed E-state index contributed by atoms with van der Waals surface area (Å²) in [5.74, 6) is 0.850. The number of hydrogen-bond donors (Lipinski definition) is 1. The van der Waals surface area contributed by atoms with Gasteiger partial charge in [-0.2, -0.15) is 0 Å². The number of ether oxygens (including phenoxy) is 1. The molecule has 2 rings (SSSR count). The molecule has 1 atom stereocenters. The van der Waals surface area contributed by atoms with Crippen molar-refractivity contribution >= 4 is 11.8 Å². The fourth-order valence-corrected chi connectivity index (χ4v) is 3.10. The summed E-state index contributed by atoms with van der Waals surface area (Å²) in [6, 6.07) is 5.99. The minimum atomic E-state index is -0.428. The molecule has 19 heavy (non-hydrogen) atoms. The van der Waals surface area contributed by atoms with Crippen LogP contribution in [0.15, 0.2) is 23.1 Å². The zero-order valence-corrected chi connectivity index (χ0v) is 12.6. The fourth-order valence-electron chi connectivity index (χ4n) is 2.55. The molecule has 1 unspecified atom stereocenters. The Balaban J connectivity index is 2.03. The molecule has 1 N–H and O–H groups in total. The largest absolute Gasteiger partial charge is 0.496 e. The van der Waals surface area contributed by atoms with E-state index in [4.69, 9.17) is 4.74 Å². The Morgan fingerprint density at radius 1 is 1.32 bits per heavy atom. The number of nitrogens with zero attached hydrogens (tertiary/aromatic N) is 1. The van der Waals surface area contributed by atoms with Crippen LogP contribution in [0.3, 0.4) is 0 Å². The number of aliphatic hydroxyl groups is 1. The molecule has 0 aromatic heterocycles. The van der Waals surface area contributed by atoms with E-state index in [0.717, 1.165) is 35.8 Å². The van der Waals surface area contributed by atoms with E-state index in [9.17, 15) is 5.11 Å². The van der Waals surface area contributed by atoms with Gasteiger partial charge in [-0.1, -0.05) is 12.5 Å². The molecule has 1 saturated heterocycles. The zero-order chi connectivity index (χ0) is 13.7. The van der Waals surface area contributed by atoms with Crippen LogP contribution >= 0.6 is 11.8 Å². The summed E-state index contributed by atoms with van der Waals surface area (Å²) in [6.45, 7) is 2.94. The van der Waals surface area contributed by atoms with Crippen LogP contribution in [0.2, 0.25) is 0 Å². The summed E-state index contributed by atoms with van der Waals surface area (Å²) in [5.41, 5.74) is 0.945. The summed E-state index contributed by atoms with van der Waals surface area (Å²) in [4.78, 5) is 3.46. The van der Waals surface area contributed by atoms with Crippen molar-refractivity contribution in [2.24, 2.45) is 0 Å². The molecule has 0 amide bonds. The first-order valence-corrected chi connectivity index (χ1v) is 8.09. The van der Waals surface area contributed by atoms with Gasteiger partial charge in [-0.05, 0) is 49.9 Å². The molecule has 1 aromatic carbocycles. The zero-order valence-electron chi connectivity index (χ0n) is 11.8. The van der Waals surface area contributed by atoms with Crippen molar-refractivity contribution in [2.45, 2.75) is 30.3 Å². The number of β-amino-alcohol motifs (C(OH)–C–C–N with tert-alkyl or cyclic N) is 1. The van der Waals surface area contributed by atoms with Gasteiger partial charge in [0.15, 0.2) is 0 Å². The topological polar surface area (TPSA) is 32.7 Å².